The molecule has 106 valence electrons. The van der Waals surface area contributed by atoms with Gasteiger partial charge >= 0.3 is 0 Å². The fraction of sp³-hybridized carbons (Fsp3) is 0.467. The van der Waals surface area contributed by atoms with E-state index in [0.717, 1.165) is 36.5 Å². The molecule has 3 rings (SSSR count). The Morgan fingerprint density at radius 3 is 2.80 bits per heavy atom. The van der Waals surface area contributed by atoms with Gasteiger partial charge in [0.1, 0.15) is 5.75 Å². The predicted molar refractivity (Wildman–Crippen MR) is 74.7 cm³/mol. The molecule has 0 amide bonds. The number of aromatic nitrogens is 2. The van der Waals surface area contributed by atoms with Crippen molar-refractivity contribution in [1.82, 2.24) is 15.5 Å². The molecule has 0 saturated carbocycles. The van der Waals surface area contributed by atoms with E-state index in [1.54, 1.807) is 7.11 Å². The second-order valence-electron chi connectivity index (χ2n) is 5.40. The molecule has 0 bridgehead atoms. The van der Waals surface area contributed by atoms with Gasteiger partial charge in [-0.15, -0.1) is 0 Å². The molecule has 5 heteroatoms. The van der Waals surface area contributed by atoms with Crippen LogP contribution in [0.25, 0.3) is 0 Å². The van der Waals surface area contributed by atoms with Crippen LogP contribution in [0.2, 0.25) is 0 Å². The van der Waals surface area contributed by atoms with Crippen molar-refractivity contribution in [1.29, 1.82) is 0 Å². The van der Waals surface area contributed by atoms with Gasteiger partial charge in [0.25, 0.3) is 0 Å². The standard InChI is InChI=1S/C15H19N3O2/c1-15(8-3-9-16-15)14-17-13(18-20-14)10-11-4-6-12(19-2)7-5-11/h4-7,16H,3,8-10H2,1-2H3. The van der Waals surface area contributed by atoms with E-state index >= 15 is 0 Å². The zero-order valence-corrected chi connectivity index (χ0v) is 11.8. The minimum Gasteiger partial charge on any atom is -0.497 e. The summed E-state index contributed by atoms with van der Waals surface area (Å²) in [7, 11) is 1.66. The lowest BCUT2D eigenvalue weighted by Gasteiger charge is -2.18. The monoisotopic (exact) mass is 273 g/mol. The highest BCUT2D eigenvalue weighted by Crippen LogP contribution is 2.29. The zero-order chi connectivity index (χ0) is 14.0. The fourth-order valence-electron chi connectivity index (χ4n) is 2.55. The number of hydrogen-bond acceptors (Lipinski definition) is 5. The van der Waals surface area contributed by atoms with Crippen LogP contribution in [0.1, 0.15) is 37.0 Å². The van der Waals surface area contributed by atoms with Gasteiger partial charge in [-0.25, -0.2) is 0 Å². The Kier molecular flexibility index (Phi) is 3.44. The summed E-state index contributed by atoms with van der Waals surface area (Å²) < 4.78 is 10.6. The van der Waals surface area contributed by atoms with Gasteiger partial charge in [-0.1, -0.05) is 17.3 Å². The third-order valence-corrected chi connectivity index (χ3v) is 3.83. The molecule has 2 heterocycles. The van der Waals surface area contributed by atoms with Crippen molar-refractivity contribution in [3.05, 3.63) is 41.5 Å². The van der Waals surface area contributed by atoms with E-state index in [0.29, 0.717) is 12.3 Å². The smallest absolute Gasteiger partial charge is 0.246 e. The minimum absolute atomic E-state index is 0.162. The second kappa shape index (κ2) is 5.25. The van der Waals surface area contributed by atoms with Crippen LogP contribution in [0.4, 0.5) is 0 Å². The number of ether oxygens (including phenoxy) is 1. The average Bonchev–Trinajstić information content (AvgIpc) is 3.10. The summed E-state index contributed by atoms with van der Waals surface area (Å²) in [4.78, 5) is 4.53. The molecule has 0 spiro atoms. The van der Waals surface area contributed by atoms with Crippen LogP contribution in [-0.4, -0.2) is 23.8 Å². The first-order chi connectivity index (χ1) is 9.69. The summed E-state index contributed by atoms with van der Waals surface area (Å²) in [6, 6.07) is 7.92. The molecule has 2 aromatic rings. The third kappa shape index (κ3) is 2.54. The highest BCUT2D eigenvalue weighted by Gasteiger charge is 2.35. The first-order valence-corrected chi connectivity index (χ1v) is 6.91. The molecular weight excluding hydrogens is 254 g/mol. The van der Waals surface area contributed by atoms with Gasteiger partial charge < -0.3 is 14.6 Å². The number of nitrogens with one attached hydrogen (secondary N) is 1. The quantitative estimate of drug-likeness (QED) is 0.926. The van der Waals surface area contributed by atoms with Crippen molar-refractivity contribution >= 4 is 0 Å². The third-order valence-electron chi connectivity index (χ3n) is 3.83. The van der Waals surface area contributed by atoms with Gasteiger partial charge in [-0.2, -0.15) is 4.98 Å². The molecule has 1 saturated heterocycles. The van der Waals surface area contributed by atoms with Gasteiger partial charge in [0, 0.05) is 6.42 Å². The van der Waals surface area contributed by atoms with Gasteiger partial charge in [-0.05, 0) is 44.0 Å². The highest BCUT2D eigenvalue weighted by molar-refractivity contribution is 5.28. The number of methoxy groups -OCH3 is 1. The van der Waals surface area contributed by atoms with Crippen molar-refractivity contribution < 1.29 is 9.26 Å². The molecular formula is C15H19N3O2. The van der Waals surface area contributed by atoms with Crippen LogP contribution >= 0.6 is 0 Å². The molecule has 1 aliphatic rings. The summed E-state index contributed by atoms with van der Waals surface area (Å²) >= 11 is 0. The summed E-state index contributed by atoms with van der Waals surface area (Å²) in [6.07, 6.45) is 2.85. The topological polar surface area (TPSA) is 60.2 Å². The van der Waals surface area contributed by atoms with Crippen molar-refractivity contribution in [2.75, 3.05) is 13.7 Å². The Morgan fingerprint density at radius 2 is 2.15 bits per heavy atom. The highest BCUT2D eigenvalue weighted by atomic mass is 16.5. The summed E-state index contributed by atoms with van der Waals surface area (Å²) in [6.45, 7) is 3.12. The minimum atomic E-state index is -0.162. The maximum Gasteiger partial charge on any atom is 0.246 e. The van der Waals surface area contributed by atoms with E-state index in [1.807, 2.05) is 24.3 Å². The molecule has 5 nitrogen and oxygen atoms in total. The molecule has 0 radical (unpaired) electrons. The van der Waals surface area contributed by atoms with Crippen molar-refractivity contribution in [3.8, 4) is 5.75 Å². The molecule has 0 aliphatic carbocycles. The molecule has 1 fully saturated rings. The number of hydrogen-bond donors (Lipinski definition) is 1. The van der Waals surface area contributed by atoms with E-state index < -0.39 is 0 Å². The molecule has 1 N–H and O–H groups in total. The van der Waals surface area contributed by atoms with E-state index in [1.165, 1.54) is 0 Å². The largest absolute Gasteiger partial charge is 0.497 e. The Morgan fingerprint density at radius 1 is 1.35 bits per heavy atom. The maximum absolute atomic E-state index is 5.42. The van der Waals surface area contributed by atoms with Crippen molar-refractivity contribution in [2.45, 2.75) is 31.7 Å². The first-order valence-electron chi connectivity index (χ1n) is 6.91. The molecule has 1 atom stereocenters. The molecule has 1 aromatic heterocycles. The maximum atomic E-state index is 5.42. The van der Waals surface area contributed by atoms with Gasteiger partial charge in [-0.3, -0.25) is 0 Å². The molecule has 1 aromatic carbocycles. The van der Waals surface area contributed by atoms with Crippen molar-refractivity contribution in [3.63, 3.8) is 0 Å². The number of nitrogens with zero attached hydrogens (tertiary/aromatic N) is 2. The Hall–Kier alpha value is -1.88. The second-order valence-corrected chi connectivity index (χ2v) is 5.40. The van der Waals surface area contributed by atoms with Crippen LogP contribution in [0.3, 0.4) is 0 Å². The van der Waals surface area contributed by atoms with Crippen LogP contribution in [0.15, 0.2) is 28.8 Å². The fourth-order valence-corrected chi connectivity index (χ4v) is 2.55. The molecule has 20 heavy (non-hydrogen) atoms. The molecule has 1 aliphatic heterocycles. The Balaban J connectivity index is 1.73. The number of benzene rings is 1. The number of rotatable bonds is 4. The van der Waals surface area contributed by atoms with E-state index in [4.69, 9.17) is 9.26 Å². The van der Waals surface area contributed by atoms with E-state index in [2.05, 4.69) is 22.4 Å². The normalized spacial score (nSPS) is 22.1. The lowest BCUT2D eigenvalue weighted by Crippen LogP contribution is -2.33. The van der Waals surface area contributed by atoms with Crippen LogP contribution < -0.4 is 10.1 Å². The van der Waals surface area contributed by atoms with Crippen LogP contribution in [0, 0.1) is 0 Å². The lowest BCUT2D eigenvalue weighted by atomic mass is 10.0. The lowest BCUT2D eigenvalue weighted by molar-refractivity contribution is 0.274. The SMILES string of the molecule is COc1ccc(Cc2noc(C3(C)CCCN3)n2)cc1. The summed E-state index contributed by atoms with van der Waals surface area (Å²) in [5.74, 6) is 2.27. The average molecular weight is 273 g/mol. The van der Waals surface area contributed by atoms with E-state index in [9.17, 15) is 0 Å². The van der Waals surface area contributed by atoms with Crippen molar-refractivity contribution in [2.24, 2.45) is 0 Å². The van der Waals surface area contributed by atoms with Gasteiger partial charge in [0.15, 0.2) is 5.82 Å². The zero-order valence-electron chi connectivity index (χ0n) is 11.8. The Bertz CT molecular complexity index is 571. The Labute approximate surface area is 118 Å². The summed E-state index contributed by atoms with van der Waals surface area (Å²) in [5.41, 5.74) is 0.980. The van der Waals surface area contributed by atoms with Crippen LogP contribution in [-0.2, 0) is 12.0 Å². The predicted octanol–water partition coefficient (Wildman–Crippen LogP) is 2.27. The van der Waals surface area contributed by atoms with E-state index in [-0.39, 0.29) is 5.54 Å². The first kappa shape index (κ1) is 13.1. The summed E-state index contributed by atoms with van der Waals surface area (Å²) in [5, 5.41) is 7.52. The van der Waals surface area contributed by atoms with Gasteiger partial charge in [0.2, 0.25) is 5.89 Å². The molecule has 1 unspecified atom stereocenters. The van der Waals surface area contributed by atoms with Gasteiger partial charge in [0.05, 0.1) is 12.6 Å². The van der Waals surface area contributed by atoms with Crippen LogP contribution in [0.5, 0.6) is 5.75 Å².